The van der Waals surface area contributed by atoms with E-state index in [1.54, 1.807) is 16.9 Å². The first kappa shape index (κ1) is 18.9. The fourth-order valence-corrected chi connectivity index (χ4v) is 3.62. The van der Waals surface area contributed by atoms with Gasteiger partial charge in [0.05, 0.1) is 23.0 Å². The van der Waals surface area contributed by atoms with Crippen molar-refractivity contribution in [2.45, 2.75) is 13.3 Å². The van der Waals surface area contributed by atoms with Gasteiger partial charge in [0.25, 0.3) is 0 Å². The standard InChI is InChI=1S/C25H21N5O/c1-17-8-10-22-23(15-18-6-4-7-20(14-18)29(2)3)28-31-24(22)21(17)11-9-19-16-27-30-13-5-12-26-25(19)30/h4-8,10,12-14,16H,15H2,1-3H3. The van der Waals surface area contributed by atoms with Crippen molar-refractivity contribution in [2.24, 2.45) is 0 Å². The average molecular weight is 407 g/mol. The van der Waals surface area contributed by atoms with E-state index >= 15 is 0 Å². The Morgan fingerprint density at radius 1 is 1.10 bits per heavy atom. The van der Waals surface area contributed by atoms with Gasteiger partial charge in [-0.15, -0.1) is 0 Å². The first-order valence-corrected chi connectivity index (χ1v) is 10.0. The molecule has 152 valence electrons. The smallest absolute Gasteiger partial charge is 0.183 e. The molecule has 3 aromatic heterocycles. The van der Waals surface area contributed by atoms with E-state index in [9.17, 15) is 0 Å². The Morgan fingerprint density at radius 2 is 2.00 bits per heavy atom. The van der Waals surface area contributed by atoms with Crippen LogP contribution in [0.4, 0.5) is 5.69 Å². The van der Waals surface area contributed by atoms with Gasteiger partial charge in [-0.05, 0) is 42.3 Å². The molecule has 0 radical (unpaired) electrons. The molecule has 0 aliphatic carbocycles. The molecule has 0 N–H and O–H groups in total. The predicted molar refractivity (Wildman–Crippen MR) is 121 cm³/mol. The topological polar surface area (TPSA) is 59.5 Å². The minimum Gasteiger partial charge on any atom is -0.378 e. The van der Waals surface area contributed by atoms with Crippen LogP contribution in [0.5, 0.6) is 0 Å². The number of hydrogen-bond donors (Lipinski definition) is 0. The van der Waals surface area contributed by atoms with Crippen LogP contribution in [-0.4, -0.2) is 33.9 Å². The van der Waals surface area contributed by atoms with Crippen LogP contribution in [-0.2, 0) is 6.42 Å². The van der Waals surface area contributed by atoms with Crippen molar-refractivity contribution in [3.63, 3.8) is 0 Å². The molecule has 5 rings (SSSR count). The van der Waals surface area contributed by atoms with Gasteiger partial charge in [-0.25, -0.2) is 9.50 Å². The Bertz CT molecular complexity index is 1470. The van der Waals surface area contributed by atoms with E-state index in [1.165, 1.54) is 5.56 Å². The van der Waals surface area contributed by atoms with Crippen LogP contribution < -0.4 is 4.90 Å². The molecule has 5 aromatic rings. The Hall–Kier alpha value is -4.11. The maximum atomic E-state index is 5.77. The monoisotopic (exact) mass is 407 g/mol. The molecule has 0 saturated heterocycles. The molecule has 31 heavy (non-hydrogen) atoms. The Morgan fingerprint density at radius 3 is 2.87 bits per heavy atom. The number of hydrogen-bond acceptors (Lipinski definition) is 5. The average Bonchev–Trinajstić information content (AvgIpc) is 3.37. The van der Waals surface area contributed by atoms with E-state index in [1.807, 2.05) is 33.3 Å². The zero-order chi connectivity index (χ0) is 21.4. The van der Waals surface area contributed by atoms with Gasteiger partial charge in [0.2, 0.25) is 0 Å². The molecule has 0 fully saturated rings. The van der Waals surface area contributed by atoms with Gasteiger partial charge in [-0.2, -0.15) is 5.10 Å². The molecular formula is C25H21N5O. The van der Waals surface area contributed by atoms with Crippen molar-refractivity contribution in [2.75, 3.05) is 19.0 Å². The number of aromatic nitrogens is 4. The second-order valence-corrected chi connectivity index (χ2v) is 7.70. The summed E-state index contributed by atoms with van der Waals surface area (Å²) in [5.41, 5.74) is 7.37. The molecule has 0 spiro atoms. The van der Waals surface area contributed by atoms with Crippen molar-refractivity contribution >= 4 is 22.3 Å². The third kappa shape index (κ3) is 3.51. The number of aryl methyl sites for hydroxylation is 1. The maximum Gasteiger partial charge on any atom is 0.183 e. The van der Waals surface area contributed by atoms with Crippen LogP contribution in [0, 0.1) is 18.8 Å². The first-order valence-electron chi connectivity index (χ1n) is 10.0. The molecule has 0 amide bonds. The first-order chi connectivity index (χ1) is 15.1. The lowest BCUT2D eigenvalue weighted by atomic mass is 10.0. The van der Waals surface area contributed by atoms with E-state index in [0.29, 0.717) is 6.42 Å². The fourth-order valence-electron chi connectivity index (χ4n) is 3.62. The molecular weight excluding hydrogens is 386 g/mol. The quantitative estimate of drug-likeness (QED) is 0.419. The summed E-state index contributed by atoms with van der Waals surface area (Å²) in [6.07, 6.45) is 6.02. The molecule has 0 aliphatic rings. The zero-order valence-corrected chi connectivity index (χ0v) is 17.6. The number of rotatable bonds is 3. The lowest BCUT2D eigenvalue weighted by Crippen LogP contribution is -2.08. The molecule has 0 unspecified atom stereocenters. The molecule has 0 atom stereocenters. The molecule has 0 bridgehead atoms. The molecule has 2 aromatic carbocycles. The second-order valence-electron chi connectivity index (χ2n) is 7.70. The highest BCUT2D eigenvalue weighted by atomic mass is 16.5. The van der Waals surface area contributed by atoms with E-state index in [2.05, 4.69) is 68.4 Å². The van der Waals surface area contributed by atoms with Gasteiger partial charge >= 0.3 is 0 Å². The lowest BCUT2D eigenvalue weighted by molar-refractivity contribution is 0.447. The van der Waals surface area contributed by atoms with Crippen molar-refractivity contribution < 1.29 is 4.52 Å². The molecule has 6 heteroatoms. The Kier molecular flexibility index (Phi) is 4.64. The van der Waals surface area contributed by atoms with Crippen molar-refractivity contribution in [1.29, 1.82) is 0 Å². The molecule has 0 aliphatic heterocycles. The number of nitrogens with zero attached hydrogens (tertiary/aromatic N) is 5. The Balaban J connectivity index is 1.53. The normalized spacial score (nSPS) is 10.9. The summed E-state index contributed by atoms with van der Waals surface area (Å²) < 4.78 is 7.48. The van der Waals surface area contributed by atoms with Crippen LogP contribution in [0.2, 0.25) is 0 Å². The summed E-state index contributed by atoms with van der Waals surface area (Å²) in [5, 5.41) is 9.66. The third-order valence-corrected chi connectivity index (χ3v) is 5.32. The van der Waals surface area contributed by atoms with Crippen molar-refractivity contribution in [1.82, 2.24) is 19.8 Å². The van der Waals surface area contributed by atoms with E-state index in [-0.39, 0.29) is 0 Å². The fraction of sp³-hybridized carbons (Fsp3) is 0.160. The molecule has 6 nitrogen and oxygen atoms in total. The Labute approximate surface area is 180 Å². The van der Waals surface area contributed by atoms with E-state index in [4.69, 9.17) is 4.52 Å². The highest BCUT2D eigenvalue weighted by Crippen LogP contribution is 2.27. The van der Waals surface area contributed by atoms with E-state index in [0.717, 1.165) is 44.7 Å². The van der Waals surface area contributed by atoms with Crippen molar-refractivity contribution in [3.8, 4) is 11.8 Å². The van der Waals surface area contributed by atoms with Crippen LogP contribution in [0.15, 0.2) is 65.6 Å². The second kappa shape index (κ2) is 7.62. The number of anilines is 1. The summed E-state index contributed by atoms with van der Waals surface area (Å²) in [5.74, 6) is 6.47. The largest absolute Gasteiger partial charge is 0.378 e. The molecule has 3 heterocycles. The van der Waals surface area contributed by atoms with Gasteiger partial charge in [-0.1, -0.05) is 35.2 Å². The number of fused-ring (bicyclic) bond motifs is 2. The molecule has 0 saturated carbocycles. The SMILES string of the molecule is Cc1ccc2c(Cc3cccc(N(C)C)c3)noc2c1C#Cc1cnn2cccnc12. The maximum absolute atomic E-state index is 5.77. The summed E-state index contributed by atoms with van der Waals surface area (Å²) in [7, 11) is 4.08. The van der Waals surface area contributed by atoms with Crippen LogP contribution in [0.25, 0.3) is 16.6 Å². The summed E-state index contributed by atoms with van der Waals surface area (Å²) >= 11 is 0. The minimum absolute atomic E-state index is 0.697. The third-order valence-electron chi connectivity index (χ3n) is 5.32. The minimum atomic E-state index is 0.697. The zero-order valence-electron chi connectivity index (χ0n) is 17.6. The summed E-state index contributed by atoms with van der Waals surface area (Å²) in [6.45, 7) is 2.03. The van der Waals surface area contributed by atoms with Gasteiger partial charge in [0.15, 0.2) is 11.2 Å². The highest BCUT2D eigenvalue weighted by molar-refractivity contribution is 5.86. The lowest BCUT2D eigenvalue weighted by Gasteiger charge is -2.13. The van der Waals surface area contributed by atoms with Crippen LogP contribution in [0.1, 0.15) is 27.9 Å². The van der Waals surface area contributed by atoms with E-state index < -0.39 is 0 Å². The number of benzene rings is 2. The van der Waals surface area contributed by atoms with Crippen LogP contribution >= 0.6 is 0 Å². The predicted octanol–water partition coefficient (Wildman–Crippen LogP) is 4.24. The summed E-state index contributed by atoms with van der Waals surface area (Å²) in [4.78, 5) is 6.46. The highest BCUT2D eigenvalue weighted by Gasteiger charge is 2.14. The summed E-state index contributed by atoms with van der Waals surface area (Å²) in [6, 6.07) is 14.4. The van der Waals surface area contributed by atoms with Gasteiger partial charge in [-0.3, -0.25) is 0 Å². The van der Waals surface area contributed by atoms with Crippen LogP contribution in [0.3, 0.4) is 0 Å². The van der Waals surface area contributed by atoms with Gasteiger partial charge < -0.3 is 9.42 Å². The van der Waals surface area contributed by atoms with Gasteiger partial charge in [0, 0.05) is 44.0 Å². The van der Waals surface area contributed by atoms with Crippen molar-refractivity contribution in [3.05, 3.63) is 89.0 Å². The van der Waals surface area contributed by atoms with Gasteiger partial charge in [0.1, 0.15) is 0 Å².